The molecule has 1 aliphatic heterocycles. The van der Waals surface area contributed by atoms with Gasteiger partial charge in [0, 0.05) is 5.69 Å². The Balaban J connectivity index is 1.77. The number of nitrogens with two attached hydrogens (primary N) is 1. The minimum Gasteiger partial charge on any atom is -0.497 e. The summed E-state index contributed by atoms with van der Waals surface area (Å²) in [5, 5.41) is 2.73. The number of carbonyl (C=O) groups excluding carboxylic acids is 2. The molecule has 1 aromatic carbocycles. The molecule has 2 aromatic rings. The molecular formula is C17H18N4O4. The van der Waals surface area contributed by atoms with E-state index in [4.69, 9.17) is 15.2 Å². The zero-order valence-corrected chi connectivity index (χ0v) is 13.9. The van der Waals surface area contributed by atoms with Crippen molar-refractivity contribution in [2.24, 2.45) is 0 Å². The van der Waals surface area contributed by atoms with Gasteiger partial charge in [0.15, 0.2) is 17.7 Å². The third kappa shape index (κ3) is 3.47. The second kappa shape index (κ2) is 6.68. The number of rotatable bonds is 4. The van der Waals surface area contributed by atoms with E-state index in [-0.39, 0.29) is 30.0 Å². The fraction of sp³-hybridized carbons (Fsp3) is 0.235. The number of benzene rings is 1. The average Bonchev–Trinajstić information content (AvgIpc) is 2.60. The Morgan fingerprint density at radius 1 is 1.32 bits per heavy atom. The molecule has 0 radical (unpaired) electrons. The maximum absolute atomic E-state index is 12.4. The van der Waals surface area contributed by atoms with Crippen molar-refractivity contribution >= 4 is 29.1 Å². The lowest BCUT2D eigenvalue weighted by atomic mass is 10.2. The van der Waals surface area contributed by atoms with Crippen LogP contribution in [0.3, 0.4) is 0 Å². The van der Waals surface area contributed by atoms with Gasteiger partial charge in [0.05, 0.1) is 7.11 Å². The van der Waals surface area contributed by atoms with E-state index in [2.05, 4.69) is 10.3 Å². The molecule has 3 N–H and O–H groups in total. The van der Waals surface area contributed by atoms with E-state index < -0.39 is 6.10 Å². The normalized spacial score (nSPS) is 16.0. The number of carbonyl (C=O) groups is 2. The summed E-state index contributed by atoms with van der Waals surface area (Å²) in [6.07, 6.45) is -0.702. The highest BCUT2D eigenvalue weighted by atomic mass is 16.5. The summed E-state index contributed by atoms with van der Waals surface area (Å²) in [4.78, 5) is 30.1. The lowest BCUT2D eigenvalue weighted by molar-refractivity contribution is -0.127. The van der Waals surface area contributed by atoms with E-state index in [1.807, 2.05) is 0 Å². The van der Waals surface area contributed by atoms with Gasteiger partial charge in [-0.15, -0.1) is 0 Å². The molecule has 1 atom stereocenters. The van der Waals surface area contributed by atoms with Gasteiger partial charge < -0.3 is 20.5 Å². The molecule has 3 rings (SSSR count). The van der Waals surface area contributed by atoms with Gasteiger partial charge in [-0.2, -0.15) is 0 Å². The quantitative estimate of drug-likeness (QED) is 0.870. The first-order chi connectivity index (χ1) is 12.0. The zero-order chi connectivity index (χ0) is 18.0. The number of aromatic nitrogens is 1. The van der Waals surface area contributed by atoms with E-state index in [0.29, 0.717) is 17.2 Å². The van der Waals surface area contributed by atoms with Gasteiger partial charge in [-0.05, 0) is 43.3 Å². The lowest BCUT2D eigenvalue weighted by Crippen LogP contribution is -2.48. The zero-order valence-electron chi connectivity index (χ0n) is 13.9. The van der Waals surface area contributed by atoms with Crippen molar-refractivity contribution in [2.75, 3.05) is 29.6 Å². The molecule has 0 saturated heterocycles. The lowest BCUT2D eigenvalue weighted by Gasteiger charge is -2.31. The van der Waals surface area contributed by atoms with E-state index in [1.165, 1.54) is 4.90 Å². The smallest absolute Gasteiger partial charge is 0.269 e. The van der Waals surface area contributed by atoms with Crippen molar-refractivity contribution in [1.29, 1.82) is 0 Å². The van der Waals surface area contributed by atoms with E-state index >= 15 is 0 Å². The first-order valence-electron chi connectivity index (χ1n) is 7.66. The van der Waals surface area contributed by atoms with Crippen LogP contribution in [0.2, 0.25) is 0 Å². The highest BCUT2D eigenvalue weighted by Gasteiger charge is 2.34. The van der Waals surface area contributed by atoms with E-state index in [0.717, 1.165) is 0 Å². The van der Waals surface area contributed by atoms with Gasteiger partial charge in [0.2, 0.25) is 5.91 Å². The summed E-state index contributed by atoms with van der Waals surface area (Å²) >= 11 is 0. The predicted octanol–water partition coefficient (Wildman–Crippen LogP) is 1.42. The SMILES string of the molecule is COc1ccc(NC(=O)CN2C(=O)C(C)Oc3ccc(N)nc32)cc1. The van der Waals surface area contributed by atoms with Crippen LogP contribution in [0.15, 0.2) is 36.4 Å². The Morgan fingerprint density at radius 2 is 2.04 bits per heavy atom. The largest absolute Gasteiger partial charge is 0.497 e. The second-order valence-corrected chi connectivity index (χ2v) is 5.52. The van der Waals surface area contributed by atoms with Crippen LogP contribution >= 0.6 is 0 Å². The minimum atomic E-state index is -0.702. The molecule has 8 nitrogen and oxygen atoms in total. The summed E-state index contributed by atoms with van der Waals surface area (Å²) in [7, 11) is 1.56. The molecule has 2 amide bonds. The molecule has 1 aliphatic rings. The number of hydrogen-bond acceptors (Lipinski definition) is 6. The molecular weight excluding hydrogens is 324 g/mol. The van der Waals surface area contributed by atoms with Crippen molar-refractivity contribution in [1.82, 2.24) is 4.98 Å². The Hall–Kier alpha value is -3.29. The Bertz CT molecular complexity index is 807. The molecule has 25 heavy (non-hydrogen) atoms. The van der Waals surface area contributed by atoms with Gasteiger partial charge in [-0.25, -0.2) is 4.98 Å². The van der Waals surface area contributed by atoms with Crippen LogP contribution in [0.5, 0.6) is 11.5 Å². The van der Waals surface area contributed by atoms with Crippen LogP contribution < -0.4 is 25.4 Å². The highest BCUT2D eigenvalue weighted by Crippen LogP contribution is 2.32. The number of anilines is 3. The number of hydrogen-bond donors (Lipinski definition) is 2. The minimum absolute atomic E-state index is 0.192. The van der Waals surface area contributed by atoms with Crippen molar-refractivity contribution in [3.63, 3.8) is 0 Å². The van der Waals surface area contributed by atoms with Gasteiger partial charge in [-0.3, -0.25) is 14.5 Å². The van der Waals surface area contributed by atoms with Crippen molar-refractivity contribution < 1.29 is 19.1 Å². The van der Waals surface area contributed by atoms with Gasteiger partial charge in [-0.1, -0.05) is 0 Å². The Kier molecular flexibility index (Phi) is 4.42. The molecule has 130 valence electrons. The number of ether oxygens (including phenoxy) is 2. The number of fused-ring (bicyclic) bond motifs is 1. The maximum atomic E-state index is 12.4. The predicted molar refractivity (Wildman–Crippen MR) is 92.7 cm³/mol. The molecule has 1 aromatic heterocycles. The first kappa shape index (κ1) is 16.6. The molecule has 2 heterocycles. The fourth-order valence-electron chi connectivity index (χ4n) is 2.47. The second-order valence-electron chi connectivity index (χ2n) is 5.52. The summed E-state index contributed by atoms with van der Waals surface area (Å²) < 4.78 is 10.6. The van der Waals surface area contributed by atoms with Crippen LogP contribution in [0.1, 0.15) is 6.92 Å². The number of methoxy groups -OCH3 is 1. The molecule has 8 heteroatoms. The fourth-order valence-corrected chi connectivity index (χ4v) is 2.47. The first-order valence-corrected chi connectivity index (χ1v) is 7.66. The Morgan fingerprint density at radius 3 is 2.72 bits per heavy atom. The average molecular weight is 342 g/mol. The standard InChI is InChI=1S/C17H18N4O4/c1-10-17(23)21(16-13(25-10)7-8-14(18)20-16)9-15(22)19-11-3-5-12(24-2)6-4-11/h3-8,10H,9H2,1-2H3,(H2,18,20)(H,19,22). The van der Waals surface area contributed by atoms with Crippen LogP contribution in [0.25, 0.3) is 0 Å². The van der Waals surface area contributed by atoms with Crippen molar-refractivity contribution in [3.05, 3.63) is 36.4 Å². The molecule has 0 saturated carbocycles. The molecule has 0 bridgehead atoms. The van der Waals surface area contributed by atoms with Crippen LogP contribution in [-0.4, -0.2) is 36.6 Å². The molecule has 0 spiro atoms. The molecule has 0 aliphatic carbocycles. The number of nitrogen functional groups attached to an aromatic ring is 1. The van der Waals surface area contributed by atoms with Gasteiger partial charge in [0.1, 0.15) is 18.1 Å². The van der Waals surface area contributed by atoms with E-state index in [1.54, 1.807) is 50.4 Å². The Labute approximate surface area is 144 Å². The molecule has 0 fully saturated rings. The van der Waals surface area contributed by atoms with Crippen LogP contribution in [0, 0.1) is 0 Å². The third-order valence-electron chi connectivity index (χ3n) is 3.71. The number of nitrogens with one attached hydrogen (secondary N) is 1. The topological polar surface area (TPSA) is 107 Å². The summed E-state index contributed by atoms with van der Waals surface area (Å²) in [5.41, 5.74) is 6.29. The van der Waals surface area contributed by atoms with Gasteiger partial charge in [0.25, 0.3) is 5.91 Å². The van der Waals surface area contributed by atoms with Crippen molar-refractivity contribution in [3.8, 4) is 11.5 Å². The number of pyridine rings is 1. The number of nitrogens with zero attached hydrogens (tertiary/aromatic N) is 2. The number of amides is 2. The molecule has 1 unspecified atom stereocenters. The van der Waals surface area contributed by atoms with Gasteiger partial charge >= 0.3 is 0 Å². The third-order valence-corrected chi connectivity index (χ3v) is 3.71. The summed E-state index contributed by atoms with van der Waals surface area (Å²) in [5.74, 6) is 0.874. The highest BCUT2D eigenvalue weighted by molar-refractivity contribution is 6.05. The van der Waals surface area contributed by atoms with Crippen molar-refractivity contribution in [2.45, 2.75) is 13.0 Å². The van der Waals surface area contributed by atoms with E-state index in [9.17, 15) is 9.59 Å². The monoisotopic (exact) mass is 342 g/mol. The van der Waals surface area contributed by atoms with Crippen LogP contribution in [0.4, 0.5) is 17.3 Å². The summed E-state index contributed by atoms with van der Waals surface area (Å²) in [6, 6.07) is 10.1. The van der Waals surface area contributed by atoms with Crippen LogP contribution in [-0.2, 0) is 9.59 Å². The summed E-state index contributed by atoms with van der Waals surface area (Å²) in [6.45, 7) is 1.43. The maximum Gasteiger partial charge on any atom is 0.269 e.